The predicted octanol–water partition coefficient (Wildman–Crippen LogP) is 1.36. The molecule has 14 heavy (non-hydrogen) atoms. The first-order valence-electron chi connectivity index (χ1n) is 4.93. The molecule has 1 atom stereocenters. The quantitative estimate of drug-likeness (QED) is 0.639. The normalized spacial score (nSPS) is 24.6. The van der Waals surface area contributed by atoms with Crippen molar-refractivity contribution in [2.45, 2.75) is 39.7 Å². The maximum Gasteiger partial charge on any atom is 0.324 e. The van der Waals surface area contributed by atoms with Crippen molar-refractivity contribution >= 4 is 11.9 Å². The molecule has 3 amide bonds. The highest BCUT2D eigenvalue weighted by molar-refractivity contribution is 5.96. The second-order valence-corrected chi connectivity index (χ2v) is 4.90. The Hall–Kier alpha value is -1.06. The highest BCUT2D eigenvalue weighted by Gasteiger charge is 2.35. The number of nitrogens with one attached hydrogen (secondary N) is 1. The number of hydrogen-bond donors (Lipinski definition) is 1. The smallest absolute Gasteiger partial charge is 0.324 e. The van der Waals surface area contributed by atoms with E-state index in [1.807, 2.05) is 27.7 Å². The predicted molar refractivity (Wildman–Crippen MR) is 53.8 cm³/mol. The van der Waals surface area contributed by atoms with Gasteiger partial charge in [0.25, 0.3) is 0 Å². The Balaban J connectivity index is 2.91. The second-order valence-electron chi connectivity index (χ2n) is 4.90. The molecule has 0 aromatic heterocycles. The van der Waals surface area contributed by atoms with Gasteiger partial charge in [-0.2, -0.15) is 0 Å². The summed E-state index contributed by atoms with van der Waals surface area (Å²) < 4.78 is 0. The van der Waals surface area contributed by atoms with Crippen LogP contribution in [0.4, 0.5) is 4.79 Å². The first kappa shape index (κ1) is 11.0. The lowest BCUT2D eigenvalue weighted by atomic mass is 10.0. The molecule has 1 heterocycles. The number of urea groups is 1. The molecule has 0 spiro atoms. The van der Waals surface area contributed by atoms with Crippen LogP contribution in [-0.2, 0) is 4.79 Å². The Bertz CT molecular complexity index is 255. The van der Waals surface area contributed by atoms with E-state index in [-0.39, 0.29) is 17.9 Å². The standard InChI is InChI=1S/C10H18N2O2/c1-7-5-8(13)12(10(2,3)4)9(14)11-6-7/h7H,5-6H2,1-4H3,(H,11,14). The van der Waals surface area contributed by atoms with Crippen LogP contribution in [0.2, 0.25) is 0 Å². The van der Waals surface area contributed by atoms with Crippen molar-refractivity contribution < 1.29 is 9.59 Å². The largest absolute Gasteiger partial charge is 0.337 e. The van der Waals surface area contributed by atoms with Gasteiger partial charge in [-0.1, -0.05) is 6.92 Å². The van der Waals surface area contributed by atoms with Crippen LogP contribution in [0.25, 0.3) is 0 Å². The highest BCUT2D eigenvalue weighted by atomic mass is 16.2. The maximum absolute atomic E-state index is 11.7. The van der Waals surface area contributed by atoms with Crippen molar-refractivity contribution in [1.82, 2.24) is 10.2 Å². The molecular formula is C10H18N2O2. The van der Waals surface area contributed by atoms with Gasteiger partial charge in [-0.3, -0.25) is 9.69 Å². The number of rotatable bonds is 0. The summed E-state index contributed by atoms with van der Waals surface area (Å²) in [5, 5.41) is 2.75. The van der Waals surface area contributed by atoms with Crippen LogP contribution in [0.1, 0.15) is 34.1 Å². The summed E-state index contributed by atoms with van der Waals surface area (Å²) in [5.41, 5.74) is -0.439. The molecule has 0 radical (unpaired) electrons. The fraction of sp³-hybridized carbons (Fsp3) is 0.800. The van der Waals surface area contributed by atoms with Crippen LogP contribution in [0.3, 0.4) is 0 Å². The van der Waals surface area contributed by atoms with E-state index in [2.05, 4.69) is 5.32 Å². The first-order valence-corrected chi connectivity index (χ1v) is 4.93. The number of nitrogens with zero attached hydrogens (tertiary/aromatic N) is 1. The maximum atomic E-state index is 11.7. The summed E-state index contributed by atoms with van der Waals surface area (Å²) >= 11 is 0. The molecule has 0 aromatic rings. The van der Waals surface area contributed by atoms with E-state index in [1.54, 1.807) is 0 Å². The van der Waals surface area contributed by atoms with Crippen LogP contribution in [-0.4, -0.2) is 28.9 Å². The molecule has 1 fully saturated rings. The summed E-state index contributed by atoms with van der Waals surface area (Å²) in [4.78, 5) is 24.7. The lowest BCUT2D eigenvalue weighted by Gasteiger charge is -2.32. The minimum absolute atomic E-state index is 0.0833. The van der Waals surface area contributed by atoms with Crippen molar-refractivity contribution in [2.75, 3.05) is 6.54 Å². The van der Waals surface area contributed by atoms with Crippen LogP contribution in [0.15, 0.2) is 0 Å². The zero-order valence-electron chi connectivity index (χ0n) is 9.26. The van der Waals surface area contributed by atoms with Crippen molar-refractivity contribution in [3.05, 3.63) is 0 Å². The number of amides is 3. The van der Waals surface area contributed by atoms with E-state index in [0.717, 1.165) is 0 Å². The van der Waals surface area contributed by atoms with Gasteiger partial charge in [0, 0.05) is 18.5 Å². The van der Waals surface area contributed by atoms with Crippen molar-refractivity contribution in [2.24, 2.45) is 5.92 Å². The average molecular weight is 198 g/mol. The lowest BCUT2D eigenvalue weighted by Crippen LogP contribution is -2.51. The third-order valence-electron chi connectivity index (χ3n) is 2.25. The molecule has 0 aromatic carbocycles. The van der Waals surface area contributed by atoms with Gasteiger partial charge in [-0.15, -0.1) is 0 Å². The van der Waals surface area contributed by atoms with Crippen molar-refractivity contribution in [3.8, 4) is 0 Å². The summed E-state index contributed by atoms with van der Waals surface area (Å²) in [6.07, 6.45) is 0.440. The number of carbonyl (C=O) groups is 2. The Morgan fingerprint density at radius 2 is 1.93 bits per heavy atom. The van der Waals surface area contributed by atoms with Gasteiger partial charge in [0.2, 0.25) is 5.91 Å². The fourth-order valence-corrected chi connectivity index (χ4v) is 1.59. The van der Waals surface area contributed by atoms with E-state index < -0.39 is 5.54 Å². The monoisotopic (exact) mass is 198 g/mol. The molecule has 1 saturated heterocycles. The van der Waals surface area contributed by atoms with E-state index in [0.29, 0.717) is 13.0 Å². The molecule has 1 N–H and O–H groups in total. The fourth-order valence-electron chi connectivity index (χ4n) is 1.59. The van der Waals surface area contributed by atoms with E-state index >= 15 is 0 Å². The molecular weight excluding hydrogens is 180 g/mol. The van der Waals surface area contributed by atoms with Crippen molar-refractivity contribution in [1.29, 1.82) is 0 Å². The van der Waals surface area contributed by atoms with E-state index in [4.69, 9.17) is 0 Å². The van der Waals surface area contributed by atoms with Gasteiger partial charge < -0.3 is 5.32 Å². The van der Waals surface area contributed by atoms with Crippen LogP contribution in [0, 0.1) is 5.92 Å². The number of carbonyl (C=O) groups excluding carboxylic acids is 2. The minimum Gasteiger partial charge on any atom is -0.337 e. The molecule has 1 aliphatic heterocycles. The lowest BCUT2D eigenvalue weighted by molar-refractivity contribution is -0.132. The molecule has 0 bridgehead atoms. The topological polar surface area (TPSA) is 49.4 Å². The first-order chi connectivity index (χ1) is 6.32. The SMILES string of the molecule is CC1CNC(=O)N(C(C)(C)C)C(=O)C1. The Labute approximate surface area is 84.7 Å². The Morgan fingerprint density at radius 1 is 1.36 bits per heavy atom. The molecule has 0 aliphatic carbocycles. The summed E-state index contributed by atoms with van der Waals surface area (Å²) in [5.74, 6) is 0.138. The second kappa shape index (κ2) is 3.59. The zero-order valence-corrected chi connectivity index (χ0v) is 9.26. The highest BCUT2D eigenvalue weighted by Crippen LogP contribution is 2.19. The molecule has 1 unspecified atom stereocenters. The van der Waals surface area contributed by atoms with Crippen LogP contribution < -0.4 is 5.32 Å². The number of imide groups is 1. The Morgan fingerprint density at radius 3 is 2.43 bits per heavy atom. The van der Waals surface area contributed by atoms with Crippen LogP contribution in [0.5, 0.6) is 0 Å². The molecule has 4 nitrogen and oxygen atoms in total. The molecule has 80 valence electrons. The van der Waals surface area contributed by atoms with Gasteiger partial charge in [0.05, 0.1) is 0 Å². The van der Waals surface area contributed by atoms with E-state index in [9.17, 15) is 9.59 Å². The molecule has 4 heteroatoms. The van der Waals surface area contributed by atoms with Crippen LogP contribution >= 0.6 is 0 Å². The van der Waals surface area contributed by atoms with Gasteiger partial charge in [0.15, 0.2) is 0 Å². The molecule has 1 rings (SSSR count). The zero-order chi connectivity index (χ0) is 10.9. The summed E-state index contributed by atoms with van der Waals surface area (Å²) in [6, 6.07) is -0.271. The summed E-state index contributed by atoms with van der Waals surface area (Å²) in [7, 11) is 0. The van der Waals surface area contributed by atoms with Gasteiger partial charge in [-0.05, 0) is 26.7 Å². The molecule has 1 aliphatic rings. The van der Waals surface area contributed by atoms with E-state index in [1.165, 1.54) is 4.90 Å². The average Bonchev–Trinajstić information content (AvgIpc) is 2.08. The van der Waals surface area contributed by atoms with Gasteiger partial charge >= 0.3 is 6.03 Å². The third-order valence-corrected chi connectivity index (χ3v) is 2.25. The van der Waals surface area contributed by atoms with Gasteiger partial charge in [0.1, 0.15) is 0 Å². The van der Waals surface area contributed by atoms with Gasteiger partial charge in [-0.25, -0.2) is 4.79 Å². The minimum atomic E-state index is -0.439. The Kier molecular flexibility index (Phi) is 2.83. The summed E-state index contributed by atoms with van der Waals surface area (Å²) in [6.45, 7) is 8.13. The molecule has 0 saturated carbocycles. The number of hydrogen-bond acceptors (Lipinski definition) is 2. The third kappa shape index (κ3) is 2.25. The van der Waals surface area contributed by atoms with Crippen molar-refractivity contribution in [3.63, 3.8) is 0 Å².